The molecule has 26 heavy (non-hydrogen) atoms. The van der Waals surface area contributed by atoms with Gasteiger partial charge in [0.2, 0.25) is 0 Å². The Morgan fingerprint density at radius 1 is 1.12 bits per heavy atom. The summed E-state index contributed by atoms with van der Waals surface area (Å²) in [6.07, 6.45) is 2.41. The van der Waals surface area contributed by atoms with E-state index in [1.54, 1.807) is 7.11 Å². The minimum absolute atomic E-state index is 0.00899. The molecule has 1 amide bonds. The van der Waals surface area contributed by atoms with Crippen molar-refractivity contribution in [3.63, 3.8) is 0 Å². The quantitative estimate of drug-likeness (QED) is 0.858. The zero-order valence-corrected chi connectivity index (χ0v) is 15.9. The molecule has 0 aliphatic carbocycles. The highest BCUT2D eigenvalue weighted by atomic mass is 16.5. The minimum Gasteiger partial charge on any atom is -0.496 e. The number of carbonyl (C=O) groups excluding carboxylic acids is 1. The van der Waals surface area contributed by atoms with Gasteiger partial charge >= 0.3 is 0 Å². The number of likely N-dealkylation sites (tertiary alicyclic amines) is 1. The lowest BCUT2D eigenvalue weighted by Crippen LogP contribution is -2.37. The Bertz CT molecular complexity index is 766. The van der Waals surface area contributed by atoms with Crippen LogP contribution in [0, 0.1) is 13.8 Å². The minimum atomic E-state index is -0.00899. The second kappa shape index (κ2) is 8.37. The van der Waals surface area contributed by atoms with Gasteiger partial charge in [-0.1, -0.05) is 30.3 Å². The normalized spacial score (nSPS) is 15.7. The topological polar surface area (TPSA) is 41.6 Å². The lowest BCUT2D eigenvalue weighted by atomic mass is 10.0. The first-order chi connectivity index (χ1) is 12.6. The largest absolute Gasteiger partial charge is 0.496 e. The number of hydrogen-bond donors (Lipinski definition) is 1. The monoisotopic (exact) mass is 352 g/mol. The maximum absolute atomic E-state index is 12.8. The Morgan fingerprint density at radius 3 is 2.58 bits per heavy atom. The van der Waals surface area contributed by atoms with Crippen molar-refractivity contribution in [3.8, 4) is 5.75 Å². The van der Waals surface area contributed by atoms with E-state index in [-0.39, 0.29) is 11.9 Å². The third kappa shape index (κ3) is 3.91. The Morgan fingerprint density at radius 2 is 1.85 bits per heavy atom. The van der Waals surface area contributed by atoms with Crippen molar-refractivity contribution in [2.45, 2.75) is 32.7 Å². The van der Waals surface area contributed by atoms with Crippen LogP contribution in [0.3, 0.4) is 0 Å². The smallest absolute Gasteiger partial charge is 0.251 e. The van der Waals surface area contributed by atoms with Crippen LogP contribution in [-0.2, 0) is 0 Å². The molecule has 0 spiro atoms. The van der Waals surface area contributed by atoms with E-state index in [4.69, 9.17) is 4.74 Å². The zero-order chi connectivity index (χ0) is 18.5. The highest BCUT2D eigenvalue weighted by molar-refractivity contribution is 5.95. The molecule has 1 N–H and O–H groups in total. The predicted octanol–water partition coefficient (Wildman–Crippen LogP) is 3.88. The van der Waals surface area contributed by atoms with Crippen LogP contribution in [0.25, 0.3) is 0 Å². The summed E-state index contributed by atoms with van der Waals surface area (Å²) in [7, 11) is 1.70. The van der Waals surface area contributed by atoms with Crippen LogP contribution < -0.4 is 10.1 Å². The van der Waals surface area contributed by atoms with Crippen LogP contribution in [0.2, 0.25) is 0 Å². The standard InChI is InChI=1S/C22H28N2O2/c1-16-9-8-11-18(17(16)2)22(25)23-15-20(24-13-6-7-14-24)19-10-4-5-12-21(19)26-3/h4-5,8-12,20H,6-7,13-15H2,1-3H3,(H,23,25). The lowest BCUT2D eigenvalue weighted by molar-refractivity contribution is 0.0936. The molecule has 2 aromatic rings. The molecular formula is C22H28N2O2. The summed E-state index contributed by atoms with van der Waals surface area (Å²) in [6, 6.07) is 14.1. The second-order valence-corrected chi connectivity index (χ2v) is 6.96. The third-order valence-corrected chi connectivity index (χ3v) is 5.38. The van der Waals surface area contributed by atoms with E-state index in [1.165, 1.54) is 12.8 Å². The Balaban J connectivity index is 1.80. The van der Waals surface area contributed by atoms with Crippen molar-refractivity contribution in [2.24, 2.45) is 0 Å². The first-order valence-electron chi connectivity index (χ1n) is 9.33. The van der Waals surface area contributed by atoms with Crippen LogP contribution in [0.5, 0.6) is 5.75 Å². The van der Waals surface area contributed by atoms with Crippen molar-refractivity contribution >= 4 is 5.91 Å². The van der Waals surface area contributed by atoms with Crippen LogP contribution in [0.15, 0.2) is 42.5 Å². The number of para-hydroxylation sites is 1. The summed E-state index contributed by atoms with van der Waals surface area (Å²) < 4.78 is 5.57. The second-order valence-electron chi connectivity index (χ2n) is 6.96. The van der Waals surface area contributed by atoms with Gasteiger partial charge in [0, 0.05) is 17.7 Å². The zero-order valence-electron chi connectivity index (χ0n) is 15.9. The summed E-state index contributed by atoms with van der Waals surface area (Å²) in [5, 5.41) is 3.16. The summed E-state index contributed by atoms with van der Waals surface area (Å²) in [6.45, 7) is 6.73. The SMILES string of the molecule is COc1ccccc1C(CNC(=O)c1cccc(C)c1C)N1CCCC1. The molecule has 4 heteroatoms. The fourth-order valence-electron chi connectivity index (χ4n) is 3.71. The molecule has 0 bridgehead atoms. The van der Waals surface area contributed by atoms with Crippen molar-refractivity contribution in [3.05, 3.63) is 64.7 Å². The van der Waals surface area contributed by atoms with Crippen LogP contribution >= 0.6 is 0 Å². The molecule has 0 aromatic heterocycles. The average molecular weight is 352 g/mol. The fourth-order valence-corrected chi connectivity index (χ4v) is 3.71. The molecule has 0 saturated carbocycles. The van der Waals surface area contributed by atoms with E-state index in [9.17, 15) is 4.79 Å². The molecule has 3 rings (SSSR count). The number of nitrogens with one attached hydrogen (secondary N) is 1. The number of benzene rings is 2. The van der Waals surface area contributed by atoms with Gasteiger partial charge in [-0.05, 0) is 63.0 Å². The first kappa shape index (κ1) is 18.5. The first-order valence-corrected chi connectivity index (χ1v) is 9.33. The molecular weight excluding hydrogens is 324 g/mol. The third-order valence-electron chi connectivity index (χ3n) is 5.38. The van der Waals surface area contributed by atoms with Crippen LogP contribution in [0.4, 0.5) is 0 Å². The summed E-state index contributed by atoms with van der Waals surface area (Å²) in [5.74, 6) is 0.871. The summed E-state index contributed by atoms with van der Waals surface area (Å²) >= 11 is 0. The molecule has 1 unspecified atom stereocenters. The maximum Gasteiger partial charge on any atom is 0.251 e. The van der Waals surface area contributed by atoms with Crippen molar-refractivity contribution in [2.75, 3.05) is 26.7 Å². The fraction of sp³-hybridized carbons (Fsp3) is 0.409. The van der Waals surface area contributed by atoms with Gasteiger partial charge in [0.1, 0.15) is 5.75 Å². The Labute approximate surface area is 156 Å². The number of nitrogens with zero attached hydrogens (tertiary/aromatic N) is 1. The molecule has 4 nitrogen and oxygen atoms in total. The number of aryl methyl sites for hydroxylation is 1. The number of methoxy groups -OCH3 is 1. The van der Waals surface area contributed by atoms with E-state index in [2.05, 4.69) is 16.3 Å². The lowest BCUT2D eigenvalue weighted by Gasteiger charge is -2.29. The molecule has 1 fully saturated rings. The van der Waals surface area contributed by atoms with E-state index >= 15 is 0 Å². The van der Waals surface area contributed by atoms with Crippen molar-refractivity contribution in [1.29, 1.82) is 0 Å². The molecule has 138 valence electrons. The maximum atomic E-state index is 12.8. The van der Waals surface area contributed by atoms with Crippen LogP contribution in [0.1, 0.15) is 45.9 Å². The number of ether oxygens (including phenoxy) is 1. The number of amides is 1. The number of rotatable bonds is 6. The van der Waals surface area contributed by atoms with Gasteiger partial charge in [-0.15, -0.1) is 0 Å². The summed E-state index contributed by atoms with van der Waals surface area (Å²) in [4.78, 5) is 15.2. The van der Waals surface area contributed by atoms with Gasteiger partial charge in [-0.2, -0.15) is 0 Å². The van der Waals surface area contributed by atoms with E-state index in [0.29, 0.717) is 6.54 Å². The Kier molecular flexibility index (Phi) is 5.94. The highest BCUT2D eigenvalue weighted by Crippen LogP contribution is 2.31. The summed E-state index contributed by atoms with van der Waals surface area (Å²) in [5.41, 5.74) is 4.07. The molecule has 1 aliphatic heterocycles. The molecule has 1 atom stereocenters. The molecule has 0 radical (unpaired) electrons. The van der Waals surface area contributed by atoms with Gasteiger partial charge in [-0.25, -0.2) is 0 Å². The van der Waals surface area contributed by atoms with Gasteiger partial charge < -0.3 is 10.1 Å². The molecule has 1 aliphatic rings. The van der Waals surface area contributed by atoms with Gasteiger partial charge in [0.05, 0.1) is 13.2 Å². The molecule has 2 aromatic carbocycles. The van der Waals surface area contributed by atoms with Gasteiger partial charge in [0.15, 0.2) is 0 Å². The average Bonchev–Trinajstić information content (AvgIpc) is 3.19. The highest BCUT2D eigenvalue weighted by Gasteiger charge is 2.26. The predicted molar refractivity (Wildman–Crippen MR) is 105 cm³/mol. The Hall–Kier alpha value is -2.33. The van der Waals surface area contributed by atoms with E-state index < -0.39 is 0 Å². The van der Waals surface area contributed by atoms with Gasteiger partial charge in [0.25, 0.3) is 5.91 Å². The van der Waals surface area contributed by atoms with Crippen LogP contribution in [-0.4, -0.2) is 37.6 Å². The van der Waals surface area contributed by atoms with Crippen molar-refractivity contribution < 1.29 is 9.53 Å². The molecule has 1 saturated heterocycles. The van der Waals surface area contributed by atoms with Crippen molar-refractivity contribution in [1.82, 2.24) is 10.2 Å². The van der Waals surface area contributed by atoms with E-state index in [1.807, 2.05) is 50.2 Å². The number of carbonyl (C=O) groups is 1. The molecule has 1 heterocycles. The van der Waals surface area contributed by atoms with Gasteiger partial charge in [-0.3, -0.25) is 9.69 Å². The van der Waals surface area contributed by atoms with E-state index in [0.717, 1.165) is 41.1 Å². The number of hydrogen-bond acceptors (Lipinski definition) is 3.